The van der Waals surface area contributed by atoms with E-state index >= 15 is 0 Å². The molecule has 1 heteroatoms. The molecule has 0 aliphatic rings. The fourth-order valence-corrected chi connectivity index (χ4v) is 5.16. The minimum absolute atomic E-state index is 0. The maximum Gasteiger partial charge on any atom is 1.00 e. The summed E-state index contributed by atoms with van der Waals surface area (Å²) in [5, 5.41) is 0. The quantitative estimate of drug-likeness (QED) is 0.290. The molecule has 0 radical (unpaired) electrons. The molecule has 0 bridgehead atoms. The third-order valence-corrected chi connectivity index (χ3v) is 11.8. The number of aryl methyl sites for hydroxylation is 1. The van der Waals surface area contributed by atoms with Crippen molar-refractivity contribution in [3.8, 4) is 0 Å². The summed E-state index contributed by atoms with van der Waals surface area (Å²) in [7, 11) is 0. The van der Waals surface area contributed by atoms with Crippen molar-refractivity contribution in [3.63, 3.8) is 0 Å². The van der Waals surface area contributed by atoms with Crippen LogP contribution in [-0.4, -0.2) is 0 Å². The molecule has 0 saturated carbocycles. The van der Waals surface area contributed by atoms with E-state index in [1.165, 1.54) is 11.5 Å². The van der Waals surface area contributed by atoms with Gasteiger partial charge in [0.15, 0.2) is 0 Å². The Kier molecular flexibility index (Phi) is 12.5. The molecule has 188 valence electrons. The normalized spacial score (nSPS) is 14.4. The van der Waals surface area contributed by atoms with Crippen LogP contribution in [0.4, 0.5) is 0 Å². The summed E-state index contributed by atoms with van der Waals surface area (Å²) in [4.78, 5) is 0. The van der Waals surface area contributed by atoms with Crippen molar-refractivity contribution in [3.05, 3.63) is 41.8 Å². The molecule has 0 spiro atoms. The molecule has 0 unspecified atom stereocenters. The Hall–Kier alpha value is 0.856. The minimum Gasteiger partial charge on any atom is -0.314 e. The van der Waals surface area contributed by atoms with Gasteiger partial charge in [-0.15, -0.1) is 0 Å². The molecule has 0 nitrogen and oxygen atoms in total. The van der Waals surface area contributed by atoms with Gasteiger partial charge in [-0.2, -0.15) is 55.2 Å². The van der Waals surface area contributed by atoms with Crippen LogP contribution >= 0.6 is 0 Å². The Labute approximate surface area is 253 Å². The topological polar surface area (TPSA) is 0 Å². The predicted octanol–water partition coefficient (Wildman–Crippen LogP) is 7.60. The van der Waals surface area contributed by atoms with Gasteiger partial charge < -0.3 is 5.92 Å². The molecule has 1 rings (SSSR count). The van der Waals surface area contributed by atoms with Crippen molar-refractivity contribution in [1.82, 2.24) is 0 Å². The number of hydrogen-bond donors (Lipinski definition) is 0. The van der Waals surface area contributed by atoms with E-state index in [1.807, 2.05) is 24.3 Å². The zero-order chi connectivity index (χ0) is 26.2. The van der Waals surface area contributed by atoms with E-state index in [4.69, 9.17) is 0 Å². The second-order valence-electron chi connectivity index (χ2n) is 14.6. The summed E-state index contributed by atoms with van der Waals surface area (Å²) in [6, 6.07) is 10.8. The van der Waals surface area contributed by atoms with Gasteiger partial charge in [0.2, 0.25) is 0 Å². The second-order valence-corrected chi connectivity index (χ2v) is 14.6. The molecular weight excluding hydrogens is 423 g/mol. The molecule has 0 fully saturated rings. The molecule has 0 saturated heterocycles. The first-order valence-electron chi connectivity index (χ1n) is 12.6. The van der Waals surface area contributed by atoms with Crippen molar-refractivity contribution in [2.75, 3.05) is 0 Å². The van der Waals surface area contributed by atoms with Crippen molar-refractivity contribution >= 4 is 0 Å². The van der Waals surface area contributed by atoms with E-state index < -0.39 is 0 Å². The van der Waals surface area contributed by atoms with Crippen molar-refractivity contribution in [2.45, 2.75) is 125 Å². The van der Waals surface area contributed by atoms with Crippen LogP contribution in [-0.2, 0) is 0 Å². The van der Waals surface area contributed by atoms with Gasteiger partial charge >= 0.3 is 51.4 Å². The minimum atomic E-state index is 0. The van der Waals surface area contributed by atoms with E-state index in [0.29, 0.717) is 0 Å². The zero-order valence-corrected chi connectivity index (χ0v) is 29.4. The molecular formula is C32H58K-. The van der Waals surface area contributed by atoms with Crippen molar-refractivity contribution < 1.29 is 51.4 Å². The van der Waals surface area contributed by atoms with E-state index in [9.17, 15) is 0 Å². The monoisotopic (exact) mass is 481 g/mol. The first-order valence-corrected chi connectivity index (χ1v) is 12.6. The van der Waals surface area contributed by atoms with Crippen LogP contribution in [0.2, 0.25) is 0 Å². The Morgan fingerprint density at radius 1 is 0.545 bits per heavy atom. The zero-order valence-electron chi connectivity index (χ0n) is 26.3. The number of hydrogen-bond acceptors (Lipinski definition) is 0. The van der Waals surface area contributed by atoms with Gasteiger partial charge in [0.1, 0.15) is 0 Å². The average Bonchev–Trinajstić information content (AvgIpc) is 2.60. The average molecular weight is 482 g/mol. The van der Waals surface area contributed by atoms with Gasteiger partial charge in [-0.05, 0) is 27.1 Å². The van der Waals surface area contributed by atoms with Gasteiger partial charge in [0.05, 0.1) is 0 Å². The molecule has 0 N–H and O–H groups in total. The molecule has 0 aromatic heterocycles. The summed E-state index contributed by atoms with van der Waals surface area (Å²) in [5.74, 6) is 1.52. The van der Waals surface area contributed by atoms with E-state index in [-0.39, 0.29) is 89.3 Å². The van der Waals surface area contributed by atoms with E-state index in [2.05, 4.69) is 131 Å². The summed E-state index contributed by atoms with van der Waals surface area (Å²) >= 11 is 0. The summed E-state index contributed by atoms with van der Waals surface area (Å²) in [6.07, 6.45) is 0. The molecule has 1 aromatic carbocycles. The van der Waals surface area contributed by atoms with Gasteiger partial charge in [-0.3, -0.25) is 0 Å². The molecule has 0 amide bonds. The van der Waals surface area contributed by atoms with Crippen molar-refractivity contribution in [2.24, 2.45) is 37.9 Å². The second kappa shape index (κ2) is 11.5. The SMILES string of the molecule is C[C-](C)C(C)(C)C(C)(C)C(C)(C)C(C)(C)C(C)(C)C(C)(C)C(C)(C)C.Cc1cc[c-]cc1.[K+]. The number of rotatable bonds is 6. The fraction of sp³-hybridized carbons (Fsp3) is 0.781. The predicted molar refractivity (Wildman–Crippen MR) is 147 cm³/mol. The van der Waals surface area contributed by atoms with Crippen LogP contribution in [0.1, 0.15) is 123 Å². The molecule has 0 aliphatic carbocycles. The molecule has 0 heterocycles. The van der Waals surface area contributed by atoms with Crippen LogP contribution in [0.25, 0.3) is 0 Å². The maximum atomic E-state index is 2.93. The van der Waals surface area contributed by atoms with Crippen LogP contribution in [0.3, 0.4) is 0 Å². The summed E-state index contributed by atoms with van der Waals surface area (Å²) in [5.41, 5.74) is 2.53. The standard InChI is InChI=1S/C25H51.C7H7.K/c1-18(2)20(6,7)22(10,11)24(14,15)25(16,17)23(12,13)21(8,9)19(3,4)5;1-7-5-3-2-4-6-7;/h1-17H3;3-6H,1H3;/q2*-1;+1. The van der Waals surface area contributed by atoms with Crippen molar-refractivity contribution in [1.29, 1.82) is 0 Å². The third kappa shape index (κ3) is 6.60. The Morgan fingerprint density at radius 3 is 1.09 bits per heavy atom. The largest absolute Gasteiger partial charge is 1.00 e. The fourth-order valence-electron chi connectivity index (χ4n) is 5.16. The maximum absolute atomic E-state index is 2.93. The molecule has 33 heavy (non-hydrogen) atoms. The van der Waals surface area contributed by atoms with Crippen LogP contribution in [0, 0.1) is 56.8 Å². The molecule has 1 aromatic rings. The van der Waals surface area contributed by atoms with Gasteiger partial charge in [-0.1, -0.05) is 116 Å². The van der Waals surface area contributed by atoms with Crippen LogP contribution in [0.5, 0.6) is 0 Å². The first-order chi connectivity index (χ1) is 13.8. The molecule has 0 atom stereocenters. The van der Waals surface area contributed by atoms with Gasteiger partial charge in [0, 0.05) is 0 Å². The summed E-state index contributed by atoms with van der Waals surface area (Å²) in [6.45, 7) is 43.7. The van der Waals surface area contributed by atoms with Gasteiger partial charge in [-0.25, -0.2) is 0 Å². The summed E-state index contributed by atoms with van der Waals surface area (Å²) < 4.78 is 0. The number of benzene rings is 1. The Bertz CT molecular complexity index is 707. The van der Waals surface area contributed by atoms with Crippen LogP contribution < -0.4 is 51.4 Å². The first kappa shape index (κ1) is 36.0. The smallest absolute Gasteiger partial charge is 0.314 e. The van der Waals surface area contributed by atoms with Gasteiger partial charge in [0.25, 0.3) is 0 Å². The molecule has 0 aliphatic heterocycles. The Morgan fingerprint density at radius 2 is 0.848 bits per heavy atom. The van der Waals surface area contributed by atoms with E-state index in [0.717, 1.165) is 0 Å². The Balaban J connectivity index is 0. The van der Waals surface area contributed by atoms with E-state index in [1.54, 1.807) is 0 Å². The third-order valence-electron chi connectivity index (χ3n) is 11.8. The van der Waals surface area contributed by atoms with Crippen LogP contribution in [0.15, 0.2) is 24.3 Å².